The Kier molecular flexibility index (Phi) is 3.43. The number of hydrogen-bond acceptors (Lipinski definition) is 2. The molecule has 1 atom stereocenters. The lowest BCUT2D eigenvalue weighted by atomic mass is 9.87. The molecular weight excluding hydrogens is 284 g/mol. The highest BCUT2D eigenvalue weighted by Gasteiger charge is 2.36. The lowest BCUT2D eigenvalue weighted by Crippen LogP contribution is -2.10. The molecule has 1 unspecified atom stereocenters. The van der Waals surface area contributed by atoms with Crippen LogP contribution in [-0.2, 0) is 4.79 Å². The number of hydrogen-bond donors (Lipinski definition) is 2. The van der Waals surface area contributed by atoms with Gasteiger partial charge in [-0.15, -0.1) is 0 Å². The zero-order valence-electron chi connectivity index (χ0n) is 9.61. The van der Waals surface area contributed by atoms with Crippen LogP contribution in [-0.4, -0.2) is 16.2 Å². The number of aliphatic carboxylic acids is 1. The summed E-state index contributed by atoms with van der Waals surface area (Å²) in [5.41, 5.74) is 1.74. The minimum Gasteiger partial charge on any atom is -0.508 e. The van der Waals surface area contributed by atoms with Gasteiger partial charge in [-0.3, -0.25) is 4.79 Å². The van der Waals surface area contributed by atoms with Gasteiger partial charge in [0, 0.05) is 16.0 Å². The summed E-state index contributed by atoms with van der Waals surface area (Å²) in [6.45, 7) is 1.91. The third kappa shape index (κ3) is 2.63. The zero-order chi connectivity index (χ0) is 12.6. The van der Waals surface area contributed by atoms with E-state index in [1.165, 1.54) is 0 Å². The van der Waals surface area contributed by atoms with Crippen LogP contribution in [0, 0.1) is 12.8 Å². The van der Waals surface area contributed by atoms with Gasteiger partial charge >= 0.3 is 5.97 Å². The lowest BCUT2D eigenvalue weighted by Gasteiger charge is -2.19. The van der Waals surface area contributed by atoms with Crippen LogP contribution in [0.5, 0.6) is 5.75 Å². The van der Waals surface area contributed by atoms with Crippen LogP contribution in [0.4, 0.5) is 0 Å². The monoisotopic (exact) mass is 298 g/mol. The molecule has 1 fully saturated rings. The van der Waals surface area contributed by atoms with Gasteiger partial charge in [0.25, 0.3) is 0 Å². The highest BCUT2D eigenvalue weighted by molar-refractivity contribution is 9.10. The molecule has 0 spiro atoms. The van der Waals surface area contributed by atoms with Gasteiger partial charge in [-0.2, -0.15) is 0 Å². The Labute approximate surface area is 109 Å². The van der Waals surface area contributed by atoms with Crippen LogP contribution in [0.15, 0.2) is 16.6 Å². The fraction of sp³-hybridized carbons (Fsp3) is 0.462. The van der Waals surface area contributed by atoms with Crippen LogP contribution in [0.25, 0.3) is 0 Å². The maximum Gasteiger partial charge on any atom is 0.303 e. The van der Waals surface area contributed by atoms with E-state index in [4.69, 9.17) is 5.11 Å². The summed E-state index contributed by atoms with van der Waals surface area (Å²) in [5, 5.41) is 18.9. The SMILES string of the molecule is Cc1c(Br)ccc(O)c1C(CC(=O)O)C1CC1. The van der Waals surface area contributed by atoms with E-state index < -0.39 is 5.97 Å². The standard InChI is InChI=1S/C13H15BrO3/c1-7-10(14)4-5-11(15)13(7)9(6-12(16)17)8-2-3-8/h4-5,8-9,15H,2-3,6H2,1H3,(H,16,17). The molecule has 4 heteroatoms. The predicted molar refractivity (Wildman–Crippen MR) is 68.3 cm³/mol. The second-order valence-electron chi connectivity index (χ2n) is 4.65. The Morgan fingerprint density at radius 1 is 1.53 bits per heavy atom. The minimum atomic E-state index is -0.805. The van der Waals surface area contributed by atoms with Gasteiger partial charge in [0.05, 0.1) is 6.42 Å². The van der Waals surface area contributed by atoms with Crippen molar-refractivity contribution in [3.8, 4) is 5.75 Å². The molecule has 0 amide bonds. The molecule has 0 bridgehead atoms. The molecular formula is C13H15BrO3. The van der Waals surface area contributed by atoms with E-state index >= 15 is 0 Å². The molecule has 92 valence electrons. The van der Waals surface area contributed by atoms with Crippen molar-refractivity contribution >= 4 is 21.9 Å². The van der Waals surface area contributed by atoms with Crippen molar-refractivity contribution in [2.45, 2.75) is 32.1 Å². The number of carboxylic acid groups (broad SMARTS) is 1. The number of benzene rings is 1. The number of carboxylic acids is 1. The van der Waals surface area contributed by atoms with Crippen molar-refractivity contribution in [2.24, 2.45) is 5.92 Å². The number of phenolic OH excluding ortho intramolecular Hbond substituents is 1. The maximum absolute atomic E-state index is 10.9. The van der Waals surface area contributed by atoms with Gasteiger partial charge in [-0.1, -0.05) is 15.9 Å². The smallest absolute Gasteiger partial charge is 0.303 e. The summed E-state index contributed by atoms with van der Waals surface area (Å²) in [5.74, 6) is -0.250. The van der Waals surface area contributed by atoms with Crippen LogP contribution in [0.2, 0.25) is 0 Å². The molecule has 2 rings (SSSR count). The van der Waals surface area contributed by atoms with Crippen molar-refractivity contribution < 1.29 is 15.0 Å². The topological polar surface area (TPSA) is 57.5 Å². The molecule has 1 aliphatic rings. The quantitative estimate of drug-likeness (QED) is 0.895. The molecule has 0 heterocycles. The molecule has 17 heavy (non-hydrogen) atoms. The van der Waals surface area contributed by atoms with Crippen molar-refractivity contribution in [1.29, 1.82) is 0 Å². The average Bonchev–Trinajstić information content (AvgIpc) is 3.06. The zero-order valence-corrected chi connectivity index (χ0v) is 11.2. The summed E-state index contributed by atoms with van der Waals surface area (Å²) >= 11 is 3.43. The van der Waals surface area contributed by atoms with Crippen molar-refractivity contribution in [1.82, 2.24) is 0 Å². The fourth-order valence-electron chi connectivity index (χ4n) is 2.35. The van der Waals surface area contributed by atoms with Crippen LogP contribution in [0.3, 0.4) is 0 Å². The predicted octanol–water partition coefficient (Wildman–Crippen LogP) is 3.43. The van der Waals surface area contributed by atoms with Crippen LogP contribution < -0.4 is 0 Å². The number of carbonyl (C=O) groups is 1. The van der Waals surface area contributed by atoms with E-state index in [9.17, 15) is 9.90 Å². The average molecular weight is 299 g/mol. The summed E-state index contributed by atoms with van der Waals surface area (Å²) in [7, 11) is 0. The second-order valence-corrected chi connectivity index (χ2v) is 5.50. The molecule has 3 nitrogen and oxygen atoms in total. The van der Waals surface area contributed by atoms with Gasteiger partial charge < -0.3 is 10.2 Å². The van der Waals surface area contributed by atoms with E-state index in [2.05, 4.69) is 15.9 Å². The number of rotatable bonds is 4. The van der Waals surface area contributed by atoms with E-state index in [0.717, 1.165) is 28.4 Å². The Balaban J connectivity index is 2.41. The summed E-state index contributed by atoms with van der Waals surface area (Å²) in [6, 6.07) is 3.42. The van der Waals surface area contributed by atoms with Gasteiger partial charge in [0.15, 0.2) is 0 Å². The van der Waals surface area contributed by atoms with Gasteiger partial charge in [-0.25, -0.2) is 0 Å². The van der Waals surface area contributed by atoms with E-state index in [1.54, 1.807) is 12.1 Å². The highest BCUT2D eigenvalue weighted by atomic mass is 79.9. The van der Waals surface area contributed by atoms with Crippen molar-refractivity contribution in [3.63, 3.8) is 0 Å². The Morgan fingerprint density at radius 3 is 2.71 bits per heavy atom. The number of aromatic hydroxyl groups is 1. The van der Waals surface area contributed by atoms with Crippen molar-refractivity contribution in [2.75, 3.05) is 0 Å². The molecule has 1 saturated carbocycles. The first-order chi connectivity index (χ1) is 8.00. The Bertz CT molecular complexity index is 452. The third-order valence-electron chi connectivity index (χ3n) is 3.38. The highest BCUT2D eigenvalue weighted by Crippen LogP contribution is 2.48. The molecule has 1 aromatic carbocycles. The van der Waals surface area contributed by atoms with E-state index in [0.29, 0.717) is 5.92 Å². The molecule has 2 N–H and O–H groups in total. The first-order valence-electron chi connectivity index (χ1n) is 5.70. The molecule has 0 aromatic heterocycles. The van der Waals surface area contributed by atoms with E-state index in [1.807, 2.05) is 6.92 Å². The third-order valence-corrected chi connectivity index (χ3v) is 4.24. The van der Waals surface area contributed by atoms with Crippen LogP contribution >= 0.6 is 15.9 Å². The van der Waals surface area contributed by atoms with Gasteiger partial charge in [0.1, 0.15) is 5.75 Å². The molecule has 0 aliphatic heterocycles. The normalized spacial score (nSPS) is 16.8. The molecule has 1 aliphatic carbocycles. The summed E-state index contributed by atoms with van der Waals surface area (Å²) < 4.78 is 0.918. The Hall–Kier alpha value is -1.03. The lowest BCUT2D eigenvalue weighted by molar-refractivity contribution is -0.137. The first-order valence-corrected chi connectivity index (χ1v) is 6.49. The largest absolute Gasteiger partial charge is 0.508 e. The summed E-state index contributed by atoms with van der Waals surface area (Å²) in [6.07, 6.45) is 2.21. The number of halogens is 1. The van der Waals surface area contributed by atoms with Crippen molar-refractivity contribution in [3.05, 3.63) is 27.7 Å². The van der Waals surface area contributed by atoms with Gasteiger partial charge in [-0.05, 0) is 43.4 Å². The summed E-state index contributed by atoms with van der Waals surface area (Å²) in [4.78, 5) is 10.9. The van der Waals surface area contributed by atoms with Gasteiger partial charge in [0.2, 0.25) is 0 Å². The van der Waals surface area contributed by atoms with Crippen LogP contribution in [0.1, 0.15) is 36.3 Å². The molecule has 1 aromatic rings. The van der Waals surface area contributed by atoms with E-state index in [-0.39, 0.29) is 18.1 Å². The Morgan fingerprint density at radius 2 is 2.18 bits per heavy atom. The second kappa shape index (κ2) is 4.69. The number of phenols is 1. The first kappa shape index (κ1) is 12.4. The minimum absolute atomic E-state index is 0.0648. The molecule has 0 radical (unpaired) electrons. The molecule has 0 saturated heterocycles. The maximum atomic E-state index is 10.9. The fourth-order valence-corrected chi connectivity index (χ4v) is 2.69.